The largest absolute Gasteiger partial charge is 0.510 e. The second kappa shape index (κ2) is 9.12. The molecule has 0 aromatic heterocycles. The van der Waals surface area contributed by atoms with Crippen LogP contribution < -0.4 is 5.73 Å². The Balaban J connectivity index is 1.65. The number of nitrogens with zero attached hydrogens (tertiary/aromatic N) is 2. The van der Waals surface area contributed by atoms with E-state index in [0.29, 0.717) is 24.1 Å². The molecule has 1 heterocycles. The number of aromatic hydroxyl groups is 1. The van der Waals surface area contributed by atoms with E-state index in [0.717, 1.165) is 6.54 Å². The standard InChI is InChI=1S/C29H36FN3O7/c1-28(2,3)11-33-7-6-13-15(10-33)20(30)14-8-12-9-16-21(32(4)5)24(36)19(27(31)39)26(38)29(16,40)25(37)17(12)23(35)18(14)22(13)34/h12,16,21,34,36-37,40H,6-11H2,1-5H3,(H2,31,39)/t12-,16-,21-,29-/m0/s1. The Hall–Kier alpha value is -3.28. The first-order chi connectivity index (χ1) is 18.5. The number of fused-ring (bicyclic) bond motifs is 4. The maximum Gasteiger partial charge on any atom is 0.255 e. The maximum atomic E-state index is 16.1. The number of hydrogen-bond donors (Lipinski definition) is 5. The number of amides is 1. The SMILES string of the molecule is CN(C)[C@@H]1C(O)=C(C(N)=O)C(=O)[C@@]2(O)C(O)=C3C(=O)c4c(O)c5c(c(F)c4C[C@H]3C[C@@H]12)CN(CC(C)(C)C)CC5. The first-order valence-corrected chi connectivity index (χ1v) is 13.4. The van der Waals surface area contributed by atoms with Crippen molar-refractivity contribution in [2.75, 3.05) is 27.2 Å². The van der Waals surface area contributed by atoms with Crippen molar-refractivity contribution in [3.63, 3.8) is 0 Å². The number of Topliss-reactive ketones (excluding diaryl/α,β-unsaturated/α-hetero) is 2. The summed E-state index contributed by atoms with van der Waals surface area (Å²) in [6.07, 6.45) is 0.171. The van der Waals surface area contributed by atoms with Crippen LogP contribution in [-0.4, -0.2) is 86.5 Å². The summed E-state index contributed by atoms with van der Waals surface area (Å²) in [5.74, 6) is -7.96. The lowest BCUT2D eigenvalue weighted by atomic mass is 9.58. The molecule has 1 amide bonds. The summed E-state index contributed by atoms with van der Waals surface area (Å²) in [6, 6.07) is -1.10. The molecule has 1 aliphatic heterocycles. The van der Waals surface area contributed by atoms with Crippen LogP contribution in [0.2, 0.25) is 0 Å². The Kier molecular flexibility index (Phi) is 6.44. The van der Waals surface area contributed by atoms with Crippen LogP contribution in [0.4, 0.5) is 4.39 Å². The molecular weight excluding hydrogens is 521 g/mol. The molecule has 216 valence electrons. The molecule has 4 atom stereocenters. The number of carbonyl (C=O) groups excluding carboxylic acids is 3. The Bertz CT molecular complexity index is 1420. The number of aliphatic hydroxyl groups is 3. The predicted octanol–water partition coefficient (Wildman–Crippen LogP) is 1.66. The van der Waals surface area contributed by atoms with Gasteiger partial charge in [-0.1, -0.05) is 20.8 Å². The average molecular weight is 558 g/mol. The number of primary amides is 1. The average Bonchev–Trinajstić information content (AvgIpc) is 2.83. The number of phenols is 1. The number of carbonyl (C=O) groups is 3. The van der Waals surface area contributed by atoms with E-state index in [1.807, 2.05) is 0 Å². The van der Waals surface area contributed by atoms with Gasteiger partial charge in [0.2, 0.25) is 5.78 Å². The minimum Gasteiger partial charge on any atom is -0.510 e. The van der Waals surface area contributed by atoms with E-state index < -0.39 is 63.9 Å². The number of rotatable bonds is 3. The lowest BCUT2D eigenvalue weighted by Gasteiger charge is -2.50. The molecular formula is C29H36FN3O7. The summed E-state index contributed by atoms with van der Waals surface area (Å²) in [5, 5.41) is 45.2. The van der Waals surface area contributed by atoms with Gasteiger partial charge in [-0.15, -0.1) is 0 Å². The Labute approximate surface area is 231 Å². The number of allylic oxidation sites excluding steroid dienone is 1. The molecule has 11 heteroatoms. The Morgan fingerprint density at radius 1 is 1.15 bits per heavy atom. The van der Waals surface area contributed by atoms with Gasteiger partial charge >= 0.3 is 0 Å². The maximum absolute atomic E-state index is 16.1. The number of halogens is 1. The number of ketones is 2. The fourth-order valence-corrected chi connectivity index (χ4v) is 7.26. The van der Waals surface area contributed by atoms with E-state index in [1.165, 1.54) is 4.90 Å². The van der Waals surface area contributed by atoms with Crippen LogP contribution in [0.1, 0.15) is 54.2 Å². The number of likely N-dealkylation sites (N-methyl/N-ethyl adjacent to an activating group) is 1. The third-order valence-corrected chi connectivity index (χ3v) is 8.79. The van der Waals surface area contributed by atoms with Crippen LogP contribution in [-0.2, 0) is 29.0 Å². The number of phenolic OH excluding ortho intramolecular Hbond substituents is 1. The van der Waals surface area contributed by atoms with Crippen molar-refractivity contribution in [2.45, 2.75) is 58.2 Å². The molecule has 0 fully saturated rings. The zero-order chi connectivity index (χ0) is 29.6. The van der Waals surface area contributed by atoms with Gasteiger partial charge in [0.15, 0.2) is 11.4 Å². The van der Waals surface area contributed by atoms with Crippen LogP contribution >= 0.6 is 0 Å². The first kappa shape index (κ1) is 28.3. The van der Waals surface area contributed by atoms with Crippen molar-refractivity contribution in [3.8, 4) is 5.75 Å². The topological polar surface area (TPSA) is 165 Å². The summed E-state index contributed by atoms with van der Waals surface area (Å²) >= 11 is 0. The quantitative estimate of drug-likeness (QED) is 0.348. The Morgan fingerprint density at radius 3 is 2.38 bits per heavy atom. The second-order valence-electron chi connectivity index (χ2n) is 13.0. The summed E-state index contributed by atoms with van der Waals surface area (Å²) in [7, 11) is 3.11. The molecule has 0 bridgehead atoms. The van der Waals surface area contributed by atoms with Crippen LogP contribution in [0.3, 0.4) is 0 Å². The monoisotopic (exact) mass is 557 g/mol. The van der Waals surface area contributed by atoms with E-state index in [2.05, 4.69) is 25.7 Å². The van der Waals surface area contributed by atoms with E-state index in [9.17, 15) is 34.8 Å². The molecule has 0 saturated heterocycles. The minimum atomic E-state index is -2.72. The number of benzene rings is 1. The van der Waals surface area contributed by atoms with Gasteiger partial charge in [0.25, 0.3) is 5.91 Å². The minimum absolute atomic E-state index is 0.0227. The zero-order valence-electron chi connectivity index (χ0n) is 23.3. The molecule has 0 saturated carbocycles. The summed E-state index contributed by atoms with van der Waals surface area (Å²) in [5.41, 5.74) is 1.89. The zero-order valence-corrected chi connectivity index (χ0v) is 23.3. The molecule has 6 N–H and O–H groups in total. The van der Waals surface area contributed by atoms with Gasteiger partial charge in [0, 0.05) is 47.8 Å². The molecule has 0 spiro atoms. The molecule has 0 radical (unpaired) electrons. The molecule has 3 aliphatic carbocycles. The summed E-state index contributed by atoms with van der Waals surface area (Å²) in [6.45, 7) is 7.82. The van der Waals surface area contributed by atoms with Gasteiger partial charge in [-0.2, -0.15) is 0 Å². The molecule has 40 heavy (non-hydrogen) atoms. The normalized spacial score (nSPS) is 28.9. The smallest absolute Gasteiger partial charge is 0.255 e. The lowest BCUT2D eigenvalue weighted by Crippen LogP contribution is -2.63. The van der Waals surface area contributed by atoms with E-state index in [1.54, 1.807) is 14.1 Å². The van der Waals surface area contributed by atoms with Gasteiger partial charge in [0.05, 0.1) is 11.6 Å². The number of hydrogen-bond acceptors (Lipinski definition) is 9. The van der Waals surface area contributed by atoms with Crippen molar-refractivity contribution >= 4 is 17.5 Å². The first-order valence-electron chi connectivity index (χ1n) is 13.4. The van der Waals surface area contributed by atoms with Gasteiger partial charge in [-0.05, 0) is 44.7 Å². The third-order valence-electron chi connectivity index (χ3n) is 8.79. The van der Waals surface area contributed by atoms with Gasteiger partial charge in [-0.25, -0.2) is 4.39 Å². The van der Waals surface area contributed by atoms with Crippen LogP contribution in [0.25, 0.3) is 0 Å². The molecule has 4 aliphatic rings. The highest BCUT2D eigenvalue weighted by Crippen LogP contribution is 2.53. The van der Waals surface area contributed by atoms with Crippen molar-refractivity contribution in [3.05, 3.63) is 50.7 Å². The lowest BCUT2D eigenvalue weighted by molar-refractivity contribution is -0.148. The fraction of sp³-hybridized carbons (Fsp3) is 0.552. The molecule has 10 nitrogen and oxygen atoms in total. The Morgan fingerprint density at radius 2 is 1.80 bits per heavy atom. The summed E-state index contributed by atoms with van der Waals surface area (Å²) < 4.78 is 16.1. The van der Waals surface area contributed by atoms with Gasteiger partial charge in [0.1, 0.15) is 28.7 Å². The third kappa shape index (κ3) is 3.89. The highest BCUT2D eigenvalue weighted by Gasteiger charge is 2.63. The number of nitrogens with two attached hydrogens (primary N) is 1. The number of aliphatic hydroxyl groups excluding tert-OH is 2. The van der Waals surface area contributed by atoms with Gasteiger partial charge in [-0.3, -0.25) is 24.2 Å². The van der Waals surface area contributed by atoms with E-state index in [-0.39, 0.29) is 47.3 Å². The molecule has 1 aromatic rings. The fourth-order valence-electron chi connectivity index (χ4n) is 7.26. The van der Waals surface area contributed by atoms with Crippen molar-refractivity contribution in [1.29, 1.82) is 0 Å². The van der Waals surface area contributed by atoms with Crippen LogP contribution in [0.5, 0.6) is 5.75 Å². The highest BCUT2D eigenvalue weighted by molar-refractivity contribution is 6.24. The van der Waals surface area contributed by atoms with Crippen LogP contribution in [0, 0.1) is 23.1 Å². The van der Waals surface area contributed by atoms with Crippen LogP contribution in [0.15, 0.2) is 22.7 Å². The van der Waals surface area contributed by atoms with E-state index >= 15 is 4.39 Å². The van der Waals surface area contributed by atoms with Crippen molar-refractivity contribution < 1.29 is 39.2 Å². The van der Waals surface area contributed by atoms with E-state index in [4.69, 9.17) is 5.73 Å². The molecule has 0 unspecified atom stereocenters. The summed E-state index contributed by atoms with van der Waals surface area (Å²) in [4.78, 5) is 42.9. The van der Waals surface area contributed by atoms with Crippen molar-refractivity contribution in [1.82, 2.24) is 9.80 Å². The predicted molar refractivity (Wildman–Crippen MR) is 142 cm³/mol. The van der Waals surface area contributed by atoms with Gasteiger partial charge < -0.3 is 26.2 Å². The highest BCUT2D eigenvalue weighted by atomic mass is 19.1. The second-order valence-corrected chi connectivity index (χ2v) is 13.0. The molecule has 1 aromatic carbocycles. The van der Waals surface area contributed by atoms with Crippen molar-refractivity contribution in [2.24, 2.45) is 23.0 Å². The molecule has 5 rings (SSSR count).